The number of nitrogens with one attached hydrogen (secondary N) is 2. The zero-order valence-corrected chi connectivity index (χ0v) is 13.3. The van der Waals surface area contributed by atoms with Crippen LogP contribution >= 0.6 is 0 Å². The molecule has 116 valence electrons. The molecule has 1 heterocycles. The maximum absolute atomic E-state index is 5.25. The van der Waals surface area contributed by atoms with Gasteiger partial charge in [0.1, 0.15) is 5.75 Å². The molecule has 1 spiro atoms. The quantitative estimate of drug-likeness (QED) is 0.892. The molecule has 2 fully saturated rings. The van der Waals surface area contributed by atoms with E-state index in [0.29, 0.717) is 17.5 Å². The van der Waals surface area contributed by atoms with E-state index in [2.05, 4.69) is 41.8 Å². The van der Waals surface area contributed by atoms with Crippen molar-refractivity contribution in [2.24, 2.45) is 5.41 Å². The SMILES string of the molecule is COc1ccc([C@H](C)N[C@H]2CCCC23CCNCC3)cc1. The summed E-state index contributed by atoms with van der Waals surface area (Å²) in [7, 11) is 1.72. The van der Waals surface area contributed by atoms with Gasteiger partial charge in [-0.25, -0.2) is 0 Å². The summed E-state index contributed by atoms with van der Waals surface area (Å²) in [6, 6.07) is 9.56. The lowest BCUT2D eigenvalue weighted by Gasteiger charge is -2.41. The maximum Gasteiger partial charge on any atom is 0.118 e. The maximum atomic E-state index is 5.25. The Bertz CT molecular complexity index is 451. The summed E-state index contributed by atoms with van der Waals surface area (Å²) in [5, 5.41) is 7.44. The number of hydrogen-bond donors (Lipinski definition) is 2. The van der Waals surface area contributed by atoms with E-state index in [-0.39, 0.29) is 0 Å². The second-order valence-electron chi connectivity index (χ2n) is 6.72. The molecule has 21 heavy (non-hydrogen) atoms. The highest BCUT2D eigenvalue weighted by molar-refractivity contribution is 5.29. The number of ether oxygens (including phenoxy) is 1. The van der Waals surface area contributed by atoms with E-state index in [0.717, 1.165) is 5.75 Å². The van der Waals surface area contributed by atoms with Crippen LogP contribution in [0.15, 0.2) is 24.3 Å². The van der Waals surface area contributed by atoms with Crippen molar-refractivity contribution < 1.29 is 4.74 Å². The molecule has 0 unspecified atom stereocenters. The van der Waals surface area contributed by atoms with E-state index in [1.807, 2.05) is 0 Å². The average molecular weight is 288 g/mol. The third-order valence-electron chi connectivity index (χ3n) is 5.57. The predicted molar refractivity (Wildman–Crippen MR) is 86.7 cm³/mol. The number of piperidine rings is 1. The standard InChI is InChI=1S/C18H28N2O/c1-14(15-5-7-16(21-2)8-6-15)20-17-4-3-9-18(17)10-12-19-13-11-18/h5-8,14,17,19-20H,3-4,9-13H2,1-2H3/t14-,17-/m0/s1. The number of hydrogen-bond acceptors (Lipinski definition) is 3. The summed E-state index contributed by atoms with van der Waals surface area (Å²) in [4.78, 5) is 0. The molecule has 2 aliphatic rings. The lowest BCUT2D eigenvalue weighted by atomic mass is 9.74. The van der Waals surface area contributed by atoms with Gasteiger partial charge in [-0.2, -0.15) is 0 Å². The van der Waals surface area contributed by atoms with Crippen LogP contribution in [0.1, 0.15) is 50.6 Å². The molecule has 0 radical (unpaired) electrons. The number of benzene rings is 1. The van der Waals surface area contributed by atoms with Crippen molar-refractivity contribution >= 4 is 0 Å². The van der Waals surface area contributed by atoms with Crippen LogP contribution in [0.5, 0.6) is 5.75 Å². The van der Waals surface area contributed by atoms with E-state index in [1.54, 1.807) is 7.11 Å². The van der Waals surface area contributed by atoms with Gasteiger partial charge in [-0.15, -0.1) is 0 Å². The van der Waals surface area contributed by atoms with Crippen LogP contribution < -0.4 is 15.4 Å². The van der Waals surface area contributed by atoms with Gasteiger partial charge in [0.15, 0.2) is 0 Å². The molecule has 3 heteroatoms. The van der Waals surface area contributed by atoms with Gasteiger partial charge in [-0.3, -0.25) is 0 Å². The first kappa shape index (κ1) is 14.9. The largest absolute Gasteiger partial charge is 0.497 e. The van der Waals surface area contributed by atoms with Gasteiger partial charge in [0.05, 0.1) is 7.11 Å². The van der Waals surface area contributed by atoms with Gasteiger partial charge >= 0.3 is 0 Å². The smallest absolute Gasteiger partial charge is 0.118 e. The average Bonchev–Trinajstić information content (AvgIpc) is 2.90. The molecular weight excluding hydrogens is 260 g/mol. The number of methoxy groups -OCH3 is 1. The Balaban J connectivity index is 1.66. The molecule has 0 bridgehead atoms. The molecule has 0 amide bonds. The third kappa shape index (κ3) is 3.09. The minimum absolute atomic E-state index is 0.408. The lowest BCUT2D eigenvalue weighted by Crippen LogP contribution is -2.48. The van der Waals surface area contributed by atoms with Gasteiger partial charge in [0.2, 0.25) is 0 Å². The van der Waals surface area contributed by atoms with E-state index in [1.165, 1.54) is 50.8 Å². The molecule has 1 aromatic rings. The third-order valence-corrected chi connectivity index (χ3v) is 5.57. The van der Waals surface area contributed by atoms with Crippen molar-refractivity contribution in [1.29, 1.82) is 0 Å². The summed E-state index contributed by atoms with van der Waals surface area (Å²) in [5.41, 5.74) is 1.90. The fraction of sp³-hybridized carbons (Fsp3) is 0.667. The summed E-state index contributed by atoms with van der Waals surface area (Å²) < 4.78 is 5.25. The molecule has 3 nitrogen and oxygen atoms in total. The van der Waals surface area contributed by atoms with Gasteiger partial charge in [0, 0.05) is 12.1 Å². The van der Waals surface area contributed by atoms with Crippen LogP contribution in [-0.2, 0) is 0 Å². The Labute approximate surface area is 128 Å². The van der Waals surface area contributed by atoms with Gasteiger partial charge in [-0.05, 0) is 68.8 Å². The Kier molecular flexibility index (Phi) is 4.51. The molecule has 2 N–H and O–H groups in total. The fourth-order valence-electron chi connectivity index (χ4n) is 4.21. The topological polar surface area (TPSA) is 33.3 Å². The zero-order chi connectivity index (χ0) is 14.7. The minimum Gasteiger partial charge on any atom is -0.497 e. The zero-order valence-electron chi connectivity index (χ0n) is 13.3. The number of rotatable bonds is 4. The van der Waals surface area contributed by atoms with E-state index >= 15 is 0 Å². The first-order valence-electron chi connectivity index (χ1n) is 8.34. The summed E-state index contributed by atoms with van der Waals surface area (Å²) in [6.45, 7) is 4.67. The van der Waals surface area contributed by atoms with Crippen LogP contribution in [0.25, 0.3) is 0 Å². The van der Waals surface area contributed by atoms with Crippen molar-refractivity contribution in [2.45, 2.75) is 51.1 Å². The predicted octanol–water partition coefficient (Wildman–Crippen LogP) is 3.27. The monoisotopic (exact) mass is 288 g/mol. The van der Waals surface area contributed by atoms with E-state index < -0.39 is 0 Å². The highest BCUT2D eigenvalue weighted by atomic mass is 16.5. The molecule has 1 aromatic carbocycles. The second-order valence-corrected chi connectivity index (χ2v) is 6.72. The molecule has 2 atom stereocenters. The van der Waals surface area contributed by atoms with Gasteiger partial charge < -0.3 is 15.4 Å². The summed E-state index contributed by atoms with van der Waals surface area (Å²) >= 11 is 0. The molecule has 0 aromatic heterocycles. The summed E-state index contributed by atoms with van der Waals surface area (Å²) in [5.74, 6) is 0.932. The molecule has 1 saturated heterocycles. The Morgan fingerprint density at radius 1 is 1.19 bits per heavy atom. The Hall–Kier alpha value is -1.06. The molecule has 1 saturated carbocycles. The van der Waals surface area contributed by atoms with Crippen molar-refractivity contribution in [3.63, 3.8) is 0 Å². The lowest BCUT2D eigenvalue weighted by molar-refractivity contribution is 0.152. The molecule has 1 aliphatic carbocycles. The molecule has 1 aliphatic heterocycles. The van der Waals surface area contributed by atoms with Gasteiger partial charge in [0.25, 0.3) is 0 Å². The highest BCUT2D eigenvalue weighted by Crippen LogP contribution is 2.45. The second kappa shape index (κ2) is 6.37. The summed E-state index contributed by atoms with van der Waals surface area (Å²) in [6.07, 6.45) is 6.79. The van der Waals surface area contributed by atoms with Crippen molar-refractivity contribution in [3.05, 3.63) is 29.8 Å². The fourth-order valence-corrected chi connectivity index (χ4v) is 4.21. The minimum atomic E-state index is 0.408. The van der Waals surface area contributed by atoms with Crippen molar-refractivity contribution in [3.8, 4) is 5.75 Å². The van der Waals surface area contributed by atoms with E-state index in [4.69, 9.17) is 4.74 Å². The van der Waals surface area contributed by atoms with Crippen LogP contribution in [0, 0.1) is 5.41 Å². The molecular formula is C18H28N2O. The highest BCUT2D eigenvalue weighted by Gasteiger charge is 2.43. The first-order chi connectivity index (χ1) is 10.2. The first-order valence-corrected chi connectivity index (χ1v) is 8.34. The van der Waals surface area contributed by atoms with Crippen LogP contribution in [-0.4, -0.2) is 26.2 Å². The van der Waals surface area contributed by atoms with Crippen LogP contribution in [0.3, 0.4) is 0 Å². The van der Waals surface area contributed by atoms with Crippen LogP contribution in [0.4, 0.5) is 0 Å². The van der Waals surface area contributed by atoms with Crippen molar-refractivity contribution in [2.75, 3.05) is 20.2 Å². The van der Waals surface area contributed by atoms with E-state index in [9.17, 15) is 0 Å². The van der Waals surface area contributed by atoms with Crippen LogP contribution in [0.2, 0.25) is 0 Å². The normalized spacial score (nSPS) is 25.9. The van der Waals surface area contributed by atoms with Gasteiger partial charge in [-0.1, -0.05) is 18.6 Å². The van der Waals surface area contributed by atoms with Crippen molar-refractivity contribution in [1.82, 2.24) is 10.6 Å². The molecule has 3 rings (SSSR count). The Morgan fingerprint density at radius 2 is 1.90 bits per heavy atom. The Morgan fingerprint density at radius 3 is 2.57 bits per heavy atom.